The number of fused-ring (bicyclic) bond motifs is 2. The first kappa shape index (κ1) is 23.7. The van der Waals surface area contributed by atoms with Crippen LogP contribution in [0.2, 0.25) is 0 Å². The predicted molar refractivity (Wildman–Crippen MR) is 153 cm³/mol. The fourth-order valence-corrected chi connectivity index (χ4v) is 5.84. The van der Waals surface area contributed by atoms with Crippen LogP contribution in [-0.2, 0) is 6.54 Å². The van der Waals surface area contributed by atoms with Crippen LogP contribution < -0.4 is 5.32 Å². The molecule has 3 N–H and O–H groups in total. The van der Waals surface area contributed by atoms with Crippen molar-refractivity contribution in [1.29, 1.82) is 0 Å². The number of benzene rings is 2. The lowest BCUT2D eigenvalue weighted by Gasteiger charge is -2.11. The molecule has 0 unspecified atom stereocenters. The highest BCUT2D eigenvalue weighted by atomic mass is 19.1. The highest BCUT2D eigenvalue weighted by Crippen LogP contribution is 2.35. The summed E-state index contributed by atoms with van der Waals surface area (Å²) in [7, 11) is 0. The number of rotatable bonds is 7. The minimum Gasteiger partial charge on any atom is -0.338 e. The van der Waals surface area contributed by atoms with Crippen molar-refractivity contribution in [1.82, 2.24) is 30.5 Å². The van der Waals surface area contributed by atoms with Crippen LogP contribution in [0.25, 0.3) is 55.6 Å². The second-order valence-electron chi connectivity index (χ2n) is 10.5. The van der Waals surface area contributed by atoms with Gasteiger partial charge in [-0.05, 0) is 90.0 Å². The van der Waals surface area contributed by atoms with Crippen LogP contribution in [0.3, 0.4) is 0 Å². The molecule has 1 fully saturated rings. The number of halogens is 1. The first-order valence-electron chi connectivity index (χ1n) is 13.6. The third-order valence-corrected chi connectivity index (χ3v) is 7.85. The number of nitrogens with one attached hydrogen (secondary N) is 3. The summed E-state index contributed by atoms with van der Waals surface area (Å²) in [5, 5.41) is 13.4. The van der Waals surface area contributed by atoms with Gasteiger partial charge in [-0.2, -0.15) is 5.10 Å². The topological polar surface area (TPSA) is 82.3 Å². The van der Waals surface area contributed by atoms with Crippen LogP contribution in [0, 0.1) is 11.7 Å². The molecular formula is C32H29FN6. The van der Waals surface area contributed by atoms with Crippen LogP contribution in [0.15, 0.2) is 79.3 Å². The highest BCUT2D eigenvalue weighted by Gasteiger charge is 2.16. The fourth-order valence-electron chi connectivity index (χ4n) is 5.84. The van der Waals surface area contributed by atoms with Crippen LogP contribution >= 0.6 is 0 Å². The summed E-state index contributed by atoms with van der Waals surface area (Å²) < 4.78 is 13.9. The van der Waals surface area contributed by atoms with E-state index in [4.69, 9.17) is 0 Å². The van der Waals surface area contributed by atoms with Gasteiger partial charge in [-0.3, -0.25) is 10.1 Å². The van der Waals surface area contributed by atoms with Gasteiger partial charge in [-0.25, -0.2) is 9.37 Å². The Hall–Kier alpha value is -4.36. The summed E-state index contributed by atoms with van der Waals surface area (Å²) in [6.07, 6.45) is 11.0. The fraction of sp³-hybridized carbons (Fsp3) is 0.219. The van der Waals surface area contributed by atoms with Gasteiger partial charge in [0.15, 0.2) is 0 Å². The first-order chi connectivity index (χ1) is 19.2. The van der Waals surface area contributed by atoms with Gasteiger partial charge in [0.2, 0.25) is 0 Å². The standard InChI is InChI=1S/C32H29FN6/c33-25-7-3-6-23(13-25)26-10-11-36-32-27(26)15-30(37-32)31-28-14-22(8-9-29(28)38-39-31)24-12-21(18-35-19-24)17-34-16-20-4-1-2-5-20/h3,6-15,18-20,34H,1-2,4-5,16-17H2,(H,36,37)(H,38,39). The number of pyridine rings is 2. The van der Waals surface area contributed by atoms with Crippen molar-refractivity contribution in [2.75, 3.05) is 6.54 Å². The lowest BCUT2D eigenvalue weighted by molar-refractivity contribution is 0.489. The summed E-state index contributed by atoms with van der Waals surface area (Å²) in [4.78, 5) is 12.5. The summed E-state index contributed by atoms with van der Waals surface area (Å²) in [6, 6.07) is 19.1. The summed E-state index contributed by atoms with van der Waals surface area (Å²) >= 11 is 0. The van der Waals surface area contributed by atoms with Crippen molar-refractivity contribution < 1.29 is 4.39 Å². The average Bonchev–Trinajstić information content (AvgIpc) is 3.72. The molecule has 1 aliphatic rings. The van der Waals surface area contributed by atoms with Gasteiger partial charge in [0.25, 0.3) is 0 Å². The van der Waals surface area contributed by atoms with Crippen molar-refractivity contribution in [3.63, 3.8) is 0 Å². The molecule has 0 aliphatic heterocycles. The molecule has 39 heavy (non-hydrogen) atoms. The number of nitrogens with zero attached hydrogens (tertiary/aromatic N) is 3. The van der Waals surface area contributed by atoms with E-state index in [1.165, 1.54) is 37.3 Å². The minimum absolute atomic E-state index is 0.262. The molecule has 6 nitrogen and oxygen atoms in total. The maximum absolute atomic E-state index is 13.9. The van der Waals surface area contributed by atoms with Gasteiger partial charge >= 0.3 is 0 Å². The van der Waals surface area contributed by atoms with Crippen molar-refractivity contribution in [2.24, 2.45) is 5.92 Å². The van der Waals surface area contributed by atoms with Gasteiger partial charge in [0, 0.05) is 41.5 Å². The van der Waals surface area contributed by atoms with Gasteiger partial charge in [-0.1, -0.05) is 31.0 Å². The zero-order valence-corrected chi connectivity index (χ0v) is 21.5. The van der Waals surface area contributed by atoms with E-state index in [1.807, 2.05) is 30.6 Å². The Labute approximate surface area is 225 Å². The van der Waals surface area contributed by atoms with Crippen LogP contribution in [0.5, 0.6) is 0 Å². The molecule has 2 aromatic carbocycles. The second kappa shape index (κ2) is 10.1. The zero-order chi connectivity index (χ0) is 26.2. The number of aromatic nitrogens is 5. The van der Waals surface area contributed by atoms with E-state index < -0.39 is 0 Å². The third kappa shape index (κ3) is 4.70. The molecule has 6 aromatic rings. The van der Waals surface area contributed by atoms with Gasteiger partial charge in [-0.15, -0.1) is 0 Å². The number of H-pyrrole nitrogens is 2. The Morgan fingerprint density at radius 2 is 1.82 bits per heavy atom. The molecule has 0 radical (unpaired) electrons. The maximum Gasteiger partial charge on any atom is 0.138 e. The molecule has 194 valence electrons. The number of hydrogen-bond acceptors (Lipinski definition) is 4. The summed E-state index contributed by atoms with van der Waals surface area (Å²) in [5.41, 5.74) is 8.45. The monoisotopic (exact) mass is 516 g/mol. The molecule has 1 saturated carbocycles. The molecule has 0 bridgehead atoms. The van der Waals surface area contributed by atoms with E-state index in [0.29, 0.717) is 0 Å². The maximum atomic E-state index is 13.9. The second-order valence-corrected chi connectivity index (χ2v) is 10.5. The van der Waals surface area contributed by atoms with E-state index in [2.05, 4.69) is 54.7 Å². The zero-order valence-electron chi connectivity index (χ0n) is 21.5. The van der Waals surface area contributed by atoms with Gasteiger partial charge in [0.05, 0.1) is 11.2 Å². The van der Waals surface area contributed by atoms with E-state index in [9.17, 15) is 4.39 Å². The van der Waals surface area contributed by atoms with Crippen LogP contribution in [-0.4, -0.2) is 31.7 Å². The number of aromatic amines is 2. The van der Waals surface area contributed by atoms with Crippen molar-refractivity contribution >= 4 is 21.9 Å². The Bertz CT molecular complexity index is 1780. The van der Waals surface area contributed by atoms with E-state index in [1.54, 1.807) is 18.3 Å². The molecule has 0 saturated heterocycles. The minimum atomic E-state index is -0.262. The summed E-state index contributed by atoms with van der Waals surface area (Å²) in [6.45, 7) is 1.90. The quantitative estimate of drug-likeness (QED) is 0.209. The molecule has 0 spiro atoms. The molecule has 0 atom stereocenters. The highest BCUT2D eigenvalue weighted by molar-refractivity contribution is 6.00. The lowest BCUT2D eigenvalue weighted by atomic mass is 10.0. The van der Waals surface area contributed by atoms with E-state index in [-0.39, 0.29) is 5.82 Å². The van der Waals surface area contributed by atoms with E-state index in [0.717, 1.165) is 74.6 Å². The summed E-state index contributed by atoms with van der Waals surface area (Å²) in [5.74, 6) is 0.551. The molecule has 4 aromatic heterocycles. The Balaban J connectivity index is 1.20. The van der Waals surface area contributed by atoms with Crippen molar-refractivity contribution in [3.8, 4) is 33.6 Å². The Morgan fingerprint density at radius 1 is 0.897 bits per heavy atom. The van der Waals surface area contributed by atoms with Gasteiger partial charge < -0.3 is 10.3 Å². The Kier molecular flexibility index (Phi) is 6.13. The third-order valence-electron chi connectivity index (χ3n) is 7.85. The predicted octanol–water partition coefficient (Wildman–Crippen LogP) is 7.25. The van der Waals surface area contributed by atoms with Crippen molar-refractivity contribution in [3.05, 3.63) is 90.6 Å². The first-order valence-corrected chi connectivity index (χ1v) is 13.6. The number of hydrogen-bond donors (Lipinski definition) is 3. The molecule has 1 aliphatic carbocycles. The van der Waals surface area contributed by atoms with Crippen LogP contribution in [0.4, 0.5) is 4.39 Å². The SMILES string of the molecule is Fc1cccc(-c2ccnc3[nH]c(-c4n[nH]c5ccc(-c6cncc(CNCC7CCCC7)c6)cc45)cc23)c1. The van der Waals surface area contributed by atoms with E-state index >= 15 is 0 Å². The molecule has 0 amide bonds. The molecule has 7 heteroatoms. The van der Waals surface area contributed by atoms with Crippen molar-refractivity contribution in [2.45, 2.75) is 32.2 Å². The van der Waals surface area contributed by atoms with Gasteiger partial charge in [0.1, 0.15) is 17.2 Å². The molecule has 4 heterocycles. The lowest BCUT2D eigenvalue weighted by Crippen LogP contribution is -2.20. The Morgan fingerprint density at radius 3 is 2.72 bits per heavy atom. The van der Waals surface area contributed by atoms with Crippen LogP contribution in [0.1, 0.15) is 31.2 Å². The normalized spacial score (nSPS) is 14.1. The largest absolute Gasteiger partial charge is 0.338 e. The molecular weight excluding hydrogens is 487 g/mol. The average molecular weight is 517 g/mol. The smallest absolute Gasteiger partial charge is 0.138 e. The molecule has 7 rings (SSSR count).